The fourth-order valence-electron chi connectivity index (χ4n) is 2.55. The summed E-state index contributed by atoms with van der Waals surface area (Å²) < 4.78 is 5.28. The summed E-state index contributed by atoms with van der Waals surface area (Å²) in [6.45, 7) is 3.05. The number of methoxy groups -OCH3 is 1. The van der Waals surface area contributed by atoms with Crippen molar-refractivity contribution in [3.8, 4) is 5.75 Å². The van der Waals surface area contributed by atoms with Gasteiger partial charge in [-0.15, -0.1) is 0 Å². The third-order valence-electron chi connectivity index (χ3n) is 4.12. The number of carbonyl (C=O) groups excluding carboxylic acids is 1. The number of nitrogens with zero attached hydrogens (tertiary/aromatic N) is 2. The molecule has 2 aromatic carbocycles. The second-order valence-corrected chi connectivity index (χ2v) is 6.13. The minimum absolute atomic E-state index is 0.231. The van der Waals surface area contributed by atoms with Gasteiger partial charge in [-0.3, -0.25) is 4.79 Å². The minimum atomic E-state index is -0.231. The van der Waals surface area contributed by atoms with Crippen LogP contribution < -0.4 is 15.4 Å². The van der Waals surface area contributed by atoms with Crippen LogP contribution in [0.3, 0.4) is 0 Å². The number of rotatable bonds is 7. The zero-order valence-electron chi connectivity index (χ0n) is 15.4. The Bertz CT molecular complexity index is 893. The van der Waals surface area contributed by atoms with Crippen LogP contribution in [-0.4, -0.2) is 23.0 Å². The maximum atomic E-state index is 12.3. The highest BCUT2D eigenvalue weighted by Gasteiger charge is 2.09. The van der Waals surface area contributed by atoms with E-state index < -0.39 is 0 Å². The molecule has 0 saturated carbocycles. The molecule has 6 heteroatoms. The average Bonchev–Trinajstić information content (AvgIpc) is 2.72. The number of para-hydroxylation sites is 1. The van der Waals surface area contributed by atoms with Crippen LogP contribution in [0.2, 0.25) is 0 Å². The molecule has 0 unspecified atom stereocenters. The fourth-order valence-corrected chi connectivity index (χ4v) is 2.55. The van der Waals surface area contributed by atoms with Crippen LogP contribution in [0, 0.1) is 6.92 Å². The Kier molecular flexibility index (Phi) is 5.99. The van der Waals surface area contributed by atoms with Gasteiger partial charge in [0.25, 0.3) is 5.91 Å². The first-order valence-electron chi connectivity index (χ1n) is 8.67. The topological polar surface area (TPSA) is 76.1 Å². The number of amides is 1. The number of anilines is 1. The summed E-state index contributed by atoms with van der Waals surface area (Å²) in [6.07, 6.45) is 3.03. The molecule has 0 spiro atoms. The number of benzene rings is 2. The van der Waals surface area contributed by atoms with Gasteiger partial charge in [-0.2, -0.15) is 0 Å². The minimum Gasteiger partial charge on any atom is -0.496 e. The zero-order valence-corrected chi connectivity index (χ0v) is 15.4. The Hall–Kier alpha value is -3.41. The third-order valence-corrected chi connectivity index (χ3v) is 4.12. The Balaban J connectivity index is 1.54. The van der Waals surface area contributed by atoms with Gasteiger partial charge in [0.15, 0.2) is 0 Å². The van der Waals surface area contributed by atoms with E-state index in [0.717, 1.165) is 16.9 Å². The summed E-state index contributed by atoms with van der Waals surface area (Å²) in [6, 6.07) is 15.8. The molecular formula is C21H22N4O2. The Labute approximate surface area is 158 Å². The van der Waals surface area contributed by atoms with Crippen molar-refractivity contribution in [1.29, 1.82) is 0 Å². The van der Waals surface area contributed by atoms with E-state index in [-0.39, 0.29) is 5.91 Å². The van der Waals surface area contributed by atoms with Crippen molar-refractivity contribution < 1.29 is 9.53 Å². The second-order valence-electron chi connectivity index (χ2n) is 6.13. The number of nitrogens with one attached hydrogen (secondary N) is 2. The van der Waals surface area contributed by atoms with Crippen LogP contribution in [0.5, 0.6) is 5.75 Å². The Morgan fingerprint density at radius 1 is 1.00 bits per heavy atom. The monoisotopic (exact) mass is 362 g/mol. The molecule has 0 aliphatic rings. The SMILES string of the molecule is COc1ccccc1CNC(=O)c1cnc(NCc2ccc(C)cc2)nc1. The highest BCUT2D eigenvalue weighted by atomic mass is 16.5. The third kappa shape index (κ3) is 5.04. The maximum Gasteiger partial charge on any atom is 0.254 e. The summed E-state index contributed by atoms with van der Waals surface area (Å²) >= 11 is 0. The second kappa shape index (κ2) is 8.80. The lowest BCUT2D eigenvalue weighted by Gasteiger charge is -2.10. The largest absolute Gasteiger partial charge is 0.496 e. The van der Waals surface area contributed by atoms with E-state index >= 15 is 0 Å². The lowest BCUT2D eigenvalue weighted by Crippen LogP contribution is -2.23. The molecule has 1 aromatic heterocycles. The van der Waals surface area contributed by atoms with Gasteiger partial charge in [0, 0.05) is 31.0 Å². The van der Waals surface area contributed by atoms with Gasteiger partial charge < -0.3 is 15.4 Å². The first-order chi connectivity index (χ1) is 13.2. The molecule has 0 radical (unpaired) electrons. The summed E-state index contributed by atoms with van der Waals surface area (Å²) in [7, 11) is 1.61. The van der Waals surface area contributed by atoms with Crippen LogP contribution >= 0.6 is 0 Å². The van der Waals surface area contributed by atoms with Crippen molar-refractivity contribution in [3.63, 3.8) is 0 Å². The molecule has 0 bridgehead atoms. The van der Waals surface area contributed by atoms with Gasteiger partial charge in [-0.25, -0.2) is 9.97 Å². The van der Waals surface area contributed by atoms with E-state index in [0.29, 0.717) is 24.6 Å². The molecule has 0 aliphatic carbocycles. The van der Waals surface area contributed by atoms with Crippen molar-refractivity contribution in [2.24, 2.45) is 0 Å². The van der Waals surface area contributed by atoms with Gasteiger partial charge in [0.1, 0.15) is 5.75 Å². The molecule has 0 atom stereocenters. The van der Waals surface area contributed by atoms with Crippen LogP contribution in [0.1, 0.15) is 27.0 Å². The predicted octanol–water partition coefficient (Wildman–Crippen LogP) is 3.34. The summed E-state index contributed by atoms with van der Waals surface area (Å²) in [5.74, 6) is 0.993. The molecule has 3 aromatic rings. The maximum absolute atomic E-state index is 12.3. The Morgan fingerprint density at radius 3 is 2.41 bits per heavy atom. The molecule has 2 N–H and O–H groups in total. The highest BCUT2D eigenvalue weighted by molar-refractivity contribution is 5.93. The lowest BCUT2D eigenvalue weighted by molar-refractivity contribution is 0.0950. The van der Waals surface area contributed by atoms with E-state index in [9.17, 15) is 4.79 Å². The van der Waals surface area contributed by atoms with Gasteiger partial charge in [0.2, 0.25) is 5.95 Å². The molecule has 1 heterocycles. The predicted molar refractivity (Wildman–Crippen MR) is 105 cm³/mol. The zero-order chi connectivity index (χ0) is 19.1. The molecule has 6 nitrogen and oxygen atoms in total. The van der Waals surface area contributed by atoms with Gasteiger partial charge >= 0.3 is 0 Å². The van der Waals surface area contributed by atoms with E-state index in [4.69, 9.17) is 4.74 Å². The highest BCUT2D eigenvalue weighted by Crippen LogP contribution is 2.16. The smallest absolute Gasteiger partial charge is 0.254 e. The molecule has 0 aliphatic heterocycles. The van der Waals surface area contributed by atoms with Crippen LogP contribution in [0.25, 0.3) is 0 Å². The van der Waals surface area contributed by atoms with Crippen molar-refractivity contribution >= 4 is 11.9 Å². The molecule has 27 heavy (non-hydrogen) atoms. The number of aryl methyl sites for hydroxylation is 1. The molecule has 138 valence electrons. The van der Waals surface area contributed by atoms with Crippen LogP contribution in [0.4, 0.5) is 5.95 Å². The average molecular weight is 362 g/mol. The Morgan fingerprint density at radius 2 is 1.70 bits per heavy atom. The van der Waals surface area contributed by atoms with Crippen molar-refractivity contribution in [2.45, 2.75) is 20.0 Å². The molecule has 3 rings (SSSR count). The first kappa shape index (κ1) is 18.4. The van der Waals surface area contributed by atoms with E-state index in [1.807, 2.05) is 24.3 Å². The fraction of sp³-hybridized carbons (Fsp3) is 0.190. The van der Waals surface area contributed by atoms with E-state index in [1.54, 1.807) is 7.11 Å². The van der Waals surface area contributed by atoms with Crippen molar-refractivity contribution in [2.75, 3.05) is 12.4 Å². The standard InChI is InChI=1S/C21H22N4O2/c1-15-7-9-16(10-8-15)11-23-21-24-13-18(14-25-21)20(26)22-12-17-5-3-4-6-19(17)27-2/h3-10,13-14H,11-12H2,1-2H3,(H,22,26)(H,23,24,25). The molecule has 0 fully saturated rings. The van der Waals surface area contributed by atoms with Gasteiger partial charge in [-0.05, 0) is 18.6 Å². The van der Waals surface area contributed by atoms with Crippen LogP contribution in [-0.2, 0) is 13.1 Å². The van der Waals surface area contributed by atoms with E-state index in [1.165, 1.54) is 18.0 Å². The quantitative estimate of drug-likeness (QED) is 0.674. The number of aromatic nitrogens is 2. The van der Waals surface area contributed by atoms with Crippen molar-refractivity contribution in [3.05, 3.63) is 83.2 Å². The normalized spacial score (nSPS) is 10.3. The summed E-state index contributed by atoms with van der Waals surface area (Å²) in [5.41, 5.74) is 3.68. The van der Waals surface area contributed by atoms with E-state index in [2.05, 4.69) is 51.8 Å². The number of carbonyl (C=O) groups is 1. The number of ether oxygens (including phenoxy) is 1. The van der Waals surface area contributed by atoms with Gasteiger partial charge in [-0.1, -0.05) is 48.0 Å². The van der Waals surface area contributed by atoms with Crippen LogP contribution in [0.15, 0.2) is 60.9 Å². The summed E-state index contributed by atoms with van der Waals surface area (Å²) in [4.78, 5) is 20.7. The van der Waals surface area contributed by atoms with Gasteiger partial charge in [0.05, 0.1) is 12.7 Å². The number of hydrogen-bond donors (Lipinski definition) is 2. The summed E-state index contributed by atoms with van der Waals surface area (Å²) in [5, 5.41) is 6.00. The van der Waals surface area contributed by atoms with Crippen molar-refractivity contribution in [1.82, 2.24) is 15.3 Å². The lowest BCUT2D eigenvalue weighted by atomic mass is 10.1. The first-order valence-corrected chi connectivity index (χ1v) is 8.67. The molecule has 0 saturated heterocycles. The number of hydrogen-bond acceptors (Lipinski definition) is 5. The molecular weight excluding hydrogens is 340 g/mol. The molecule has 1 amide bonds.